The van der Waals surface area contributed by atoms with E-state index < -0.39 is 5.97 Å². The van der Waals surface area contributed by atoms with Crippen molar-refractivity contribution in [2.24, 2.45) is 5.92 Å². The molecule has 1 unspecified atom stereocenters. The molecule has 0 aromatic heterocycles. The summed E-state index contributed by atoms with van der Waals surface area (Å²) in [6, 6.07) is 11.3. The lowest BCUT2D eigenvalue weighted by atomic mass is 9.96. The first-order valence-corrected chi connectivity index (χ1v) is 10.9. The molecule has 7 nitrogen and oxygen atoms in total. The van der Waals surface area contributed by atoms with Crippen LogP contribution in [0.1, 0.15) is 28.8 Å². The largest absolute Gasteiger partial charge is 0.493 e. The molecule has 0 saturated carbocycles. The monoisotopic (exact) mass is 490 g/mol. The van der Waals surface area contributed by atoms with E-state index in [1.54, 1.807) is 6.07 Å². The number of piperidine rings is 1. The Morgan fingerprint density at radius 2 is 1.87 bits per heavy atom. The number of ether oxygens (including phenoxy) is 3. The smallest absolute Gasteiger partial charge is 0.340 e. The molecule has 1 amide bonds. The number of nitrogens with one attached hydrogen (secondary N) is 1. The van der Waals surface area contributed by atoms with Gasteiger partial charge in [0.05, 0.1) is 38.5 Å². The average Bonchev–Trinajstić information content (AvgIpc) is 2.78. The van der Waals surface area contributed by atoms with Gasteiger partial charge in [-0.05, 0) is 37.1 Å². The zero-order valence-electron chi connectivity index (χ0n) is 17.9. The Balaban J connectivity index is 1.74. The van der Waals surface area contributed by atoms with Gasteiger partial charge in [0.1, 0.15) is 0 Å². The fraction of sp³-hybridized carbons (Fsp3) is 0.391. The molecule has 1 saturated heterocycles. The predicted molar refractivity (Wildman–Crippen MR) is 122 cm³/mol. The number of likely N-dealkylation sites (tertiary alicyclic amines) is 1. The summed E-state index contributed by atoms with van der Waals surface area (Å²) < 4.78 is 16.5. The van der Waals surface area contributed by atoms with Crippen LogP contribution in [0.3, 0.4) is 0 Å². The van der Waals surface area contributed by atoms with Gasteiger partial charge < -0.3 is 19.5 Å². The Bertz CT molecular complexity index is 950. The highest BCUT2D eigenvalue weighted by Gasteiger charge is 2.27. The van der Waals surface area contributed by atoms with E-state index in [0.717, 1.165) is 30.4 Å². The summed E-state index contributed by atoms with van der Waals surface area (Å²) in [5.74, 6) is -0.0591. The van der Waals surface area contributed by atoms with Crippen LogP contribution in [0.5, 0.6) is 11.5 Å². The van der Waals surface area contributed by atoms with Crippen molar-refractivity contribution in [2.75, 3.05) is 39.7 Å². The first-order chi connectivity index (χ1) is 14.9. The number of nitrogens with zero attached hydrogens (tertiary/aromatic N) is 1. The Labute approximate surface area is 190 Å². The van der Waals surface area contributed by atoms with E-state index in [1.165, 1.54) is 33.0 Å². The minimum Gasteiger partial charge on any atom is -0.493 e. The van der Waals surface area contributed by atoms with Crippen LogP contribution in [0.15, 0.2) is 40.9 Å². The van der Waals surface area contributed by atoms with Gasteiger partial charge in [0.25, 0.3) is 0 Å². The molecule has 166 valence electrons. The van der Waals surface area contributed by atoms with Crippen LogP contribution in [0, 0.1) is 5.92 Å². The van der Waals surface area contributed by atoms with Crippen molar-refractivity contribution >= 4 is 33.5 Å². The van der Waals surface area contributed by atoms with Crippen molar-refractivity contribution in [3.05, 3.63) is 52.0 Å². The van der Waals surface area contributed by atoms with Crippen molar-refractivity contribution in [1.29, 1.82) is 0 Å². The third kappa shape index (κ3) is 5.77. The Morgan fingerprint density at radius 3 is 2.55 bits per heavy atom. The highest BCUT2D eigenvalue weighted by Crippen LogP contribution is 2.34. The maximum absolute atomic E-state index is 13.1. The molecular weight excluding hydrogens is 464 g/mol. The van der Waals surface area contributed by atoms with Gasteiger partial charge in [-0.25, -0.2) is 4.79 Å². The summed E-state index contributed by atoms with van der Waals surface area (Å²) in [5.41, 5.74) is 1.76. The van der Waals surface area contributed by atoms with Crippen molar-refractivity contribution in [3.8, 4) is 11.5 Å². The zero-order chi connectivity index (χ0) is 22.4. The molecule has 2 aromatic carbocycles. The SMILES string of the molecule is COC(=O)c1cc(OC)c(OC)cc1NC(=O)C1CCCN(Cc2cccc(Br)c2)C1. The van der Waals surface area contributed by atoms with E-state index in [0.29, 0.717) is 23.7 Å². The maximum atomic E-state index is 13.1. The first kappa shape index (κ1) is 23.1. The van der Waals surface area contributed by atoms with Crippen LogP contribution in [0.2, 0.25) is 0 Å². The van der Waals surface area contributed by atoms with E-state index >= 15 is 0 Å². The number of rotatable bonds is 7. The number of carbonyl (C=O) groups is 2. The van der Waals surface area contributed by atoms with Gasteiger partial charge in [-0.2, -0.15) is 0 Å². The Kier molecular flexibility index (Phi) is 7.92. The molecule has 1 heterocycles. The Hall–Kier alpha value is -2.58. The van der Waals surface area contributed by atoms with Crippen LogP contribution in [-0.4, -0.2) is 51.2 Å². The summed E-state index contributed by atoms with van der Waals surface area (Å²) in [5, 5.41) is 2.91. The lowest BCUT2D eigenvalue weighted by Crippen LogP contribution is -2.40. The van der Waals surface area contributed by atoms with Crippen LogP contribution in [-0.2, 0) is 16.1 Å². The van der Waals surface area contributed by atoms with Gasteiger partial charge in [0.2, 0.25) is 5.91 Å². The second-order valence-electron chi connectivity index (χ2n) is 7.44. The molecule has 3 rings (SSSR count). The molecule has 1 aliphatic rings. The number of esters is 1. The second-order valence-corrected chi connectivity index (χ2v) is 8.35. The lowest BCUT2D eigenvalue weighted by Gasteiger charge is -2.32. The molecule has 0 spiro atoms. The number of hydrogen-bond donors (Lipinski definition) is 1. The zero-order valence-corrected chi connectivity index (χ0v) is 19.5. The standard InChI is InChI=1S/C23H27BrN2O5/c1-29-20-11-18(23(28)31-3)19(12-21(20)30-2)25-22(27)16-7-5-9-26(14-16)13-15-6-4-8-17(24)10-15/h4,6,8,10-12,16H,5,7,9,13-14H2,1-3H3,(H,25,27). The van der Waals surface area contributed by atoms with Gasteiger partial charge >= 0.3 is 5.97 Å². The van der Waals surface area contributed by atoms with Crippen LogP contribution < -0.4 is 14.8 Å². The molecule has 0 aliphatic carbocycles. The second kappa shape index (κ2) is 10.6. The maximum Gasteiger partial charge on any atom is 0.340 e. The minimum atomic E-state index is -0.559. The normalized spacial score (nSPS) is 16.5. The van der Waals surface area contributed by atoms with Gasteiger partial charge in [0.15, 0.2) is 11.5 Å². The average molecular weight is 491 g/mol. The van der Waals surface area contributed by atoms with Crippen LogP contribution >= 0.6 is 15.9 Å². The van der Waals surface area contributed by atoms with Gasteiger partial charge in [0, 0.05) is 29.7 Å². The van der Waals surface area contributed by atoms with Crippen molar-refractivity contribution in [2.45, 2.75) is 19.4 Å². The minimum absolute atomic E-state index is 0.128. The third-order valence-electron chi connectivity index (χ3n) is 5.36. The van der Waals surface area contributed by atoms with Crippen LogP contribution in [0.4, 0.5) is 5.69 Å². The highest BCUT2D eigenvalue weighted by molar-refractivity contribution is 9.10. The third-order valence-corrected chi connectivity index (χ3v) is 5.85. The first-order valence-electron chi connectivity index (χ1n) is 10.1. The molecule has 1 fully saturated rings. The summed E-state index contributed by atoms with van der Waals surface area (Å²) >= 11 is 3.51. The molecule has 0 radical (unpaired) electrons. The summed E-state index contributed by atoms with van der Waals surface area (Å²) in [7, 11) is 4.28. The van der Waals surface area contributed by atoms with E-state index in [9.17, 15) is 9.59 Å². The predicted octanol–water partition coefficient (Wildman–Crippen LogP) is 4.10. The molecule has 1 atom stereocenters. The fourth-order valence-corrected chi connectivity index (χ4v) is 4.25. The molecular formula is C23H27BrN2O5. The number of hydrogen-bond acceptors (Lipinski definition) is 6. The molecule has 0 bridgehead atoms. The van der Waals surface area contributed by atoms with E-state index in [-0.39, 0.29) is 17.4 Å². The number of halogens is 1. The number of benzene rings is 2. The quantitative estimate of drug-likeness (QED) is 0.588. The summed E-state index contributed by atoms with van der Waals surface area (Å²) in [6.45, 7) is 2.38. The molecule has 1 aliphatic heterocycles. The van der Waals surface area contributed by atoms with Gasteiger partial charge in [-0.15, -0.1) is 0 Å². The van der Waals surface area contributed by atoms with Crippen LogP contribution in [0.25, 0.3) is 0 Å². The summed E-state index contributed by atoms with van der Waals surface area (Å²) in [4.78, 5) is 27.6. The van der Waals surface area contributed by atoms with Crippen molar-refractivity contribution in [1.82, 2.24) is 4.90 Å². The molecule has 8 heteroatoms. The molecule has 1 N–H and O–H groups in total. The number of amides is 1. The summed E-state index contributed by atoms with van der Waals surface area (Å²) in [6.07, 6.45) is 1.73. The van der Waals surface area contributed by atoms with Crippen molar-refractivity contribution in [3.63, 3.8) is 0 Å². The molecule has 31 heavy (non-hydrogen) atoms. The topological polar surface area (TPSA) is 77.1 Å². The number of anilines is 1. The Morgan fingerprint density at radius 1 is 1.13 bits per heavy atom. The van der Waals surface area contributed by atoms with E-state index in [1.807, 2.05) is 12.1 Å². The molecule has 2 aromatic rings. The van der Waals surface area contributed by atoms with Gasteiger partial charge in [-0.1, -0.05) is 28.1 Å². The fourth-order valence-electron chi connectivity index (χ4n) is 3.80. The lowest BCUT2D eigenvalue weighted by molar-refractivity contribution is -0.121. The van der Waals surface area contributed by atoms with Gasteiger partial charge in [-0.3, -0.25) is 9.69 Å². The number of carbonyl (C=O) groups excluding carboxylic acids is 2. The van der Waals surface area contributed by atoms with E-state index in [4.69, 9.17) is 14.2 Å². The van der Waals surface area contributed by atoms with Crippen molar-refractivity contribution < 1.29 is 23.8 Å². The van der Waals surface area contributed by atoms with E-state index in [2.05, 4.69) is 38.3 Å². The number of methoxy groups -OCH3 is 3. The highest BCUT2D eigenvalue weighted by atomic mass is 79.9.